The molecular formula is C52H91NO3. The Bertz CT molecular complexity index is 1020. The number of unbranched alkanes of at least 4 members (excludes halogenated alkanes) is 23. The van der Waals surface area contributed by atoms with Gasteiger partial charge < -0.3 is 15.5 Å². The molecule has 0 radical (unpaired) electrons. The van der Waals surface area contributed by atoms with E-state index in [9.17, 15) is 15.0 Å². The molecule has 0 saturated carbocycles. The molecule has 1 amide bonds. The van der Waals surface area contributed by atoms with E-state index in [1.165, 1.54) is 128 Å². The lowest BCUT2D eigenvalue weighted by Gasteiger charge is -2.19. The van der Waals surface area contributed by atoms with Crippen LogP contribution in [0.2, 0.25) is 0 Å². The number of carbonyl (C=O) groups excluding carboxylic acids is 1. The molecule has 0 heterocycles. The maximum Gasteiger partial charge on any atom is 0.220 e. The standard InChI is InChI=1S/C52H91NO3/c1-3-5-7-9-11-13-15-17-19-21-23-25-26-28-29-31-33-35-37-39-41-43-45-47-51(55)50(49-54)53-52(56)48-46-44-42-40-38-36-34-32-30-27-24-22-20-18-16-14-12-10-8-6-4-2/h6,8,12,14,18,20,24,27,29,31,37,39,45,47,50-51,54-55H,3-5,7,9-11,13,15-17,19,21-23,25-26,28,30,32-36,38,40-44,46,48-49H2,1-2H3,(H,53,56)/b8-6-,14-12-,20-18-,27-24-,31-29+,39-37+,47-45+. The Morgan fingerprint density at radius 3 is 1.25 bits per heavy atom. The normalized spacial score (nSPS) is 13.7. The third-order valence-corrected chi connectivity index (χ3v) is 10.3. The van der Waals surface area contributed by atoms with Gasteiger partial charge in [-0.3, -0.25) is 4.79 Å². The molecule has 0 spiro atoms. The number of aliphatic hydroxyl groups excluding tert-OH is 2. The molecule has 0 fully saturated rings. The van der Waals surface area contributed by atoms with E-state index in [0.717, 1.165) is 70.6 Å². The van der Waals surface area contributed by atoms with Crippen LogP contribution in [0, 0.1) is 0 Å². The van der Waals surface area contributed by atoms with Gasteiger partial charge in [0.2, 0.25) is 5.91 Å². The first-order valence-electron chi connectivity index (χ1n) is 23.8. The number of amides is 1. The molecule has 56 heavy (non-hydrogen) atoms. The highest BCUT2D eigenvalue weighted by Crippen LogP contribution is 2.14. The van der Waals surface area contributed by atoms with Gasteiger partial charge in [-0.1, -0.05) is 214 Å². The Kier molecular flexibility index (Phi) is 44.9. The average molecular weight is 778 g/mol. The van der Waals surface area contributed by atoms with Crippen LogP contribution in [0.1, 0.15) is 219 Å². The molecular weight excluding hydrogens is 687 g/mol. The summed E-state index contributed by atoms with van der Waals surface area (Å²) < 4.78 is 0. The summed E-state index contributed by atoms with van der Waals surface area (Å²) in [5.74, 6) is -0.0892. The van der Waals surface area contributed by atoms with Crippen LogP contribution in [0.3, 0.4) is 0 Å². The lowest BCUT2D eigenvalue weighted by molar-refractivity contribution is -0.123. The molecule has 0 aliphatic heterocycles. The van der Waals surface area contributed by atoms with Gasteiger partial charge in [0, 0.05) is 6.42 Å². The zero-order valence-corrected chi connectivity index (χ0v) is 36.9. The van der Waals surface area contributed by atoms with E-state index in [2.05, 4.69) is 92.1 Å². The minimum Gasteiger partial charge on any atom is -0.394 e. The molecule has 2 unspecified atom stereocenters. The van der Waals surface area contributed by atoms with Crippen molar-refractivity contribution in [1.29, 1.82) is 0 Å². The fourth-order valence-electron chi connectivity index (χ4n) is 6.73. The first-order chi connectivity index (χ1) is 27.7. The molecule has 2 atom stereocenters. The van der Waals surface area contributed by atoms with Crippen molar-refractivity contribution in [3.05, 3.63) is 85.1 Å². The van der Waals surface area contributed by atoms with Gasteiger partial charge >= 0.3 is 0 Å². The summed E-state index contributed by atoms with van der Waals surface area (Å²) >= 11 is 0. The van der Waals surface area contributed by atoms with Crippen LogP contribution in [0.5, 0.6) is 0 Å². The second kappa shape index (κ2) is 46.9. The first kappa shape index (κ1) is 53.6. The van der Waals surface area contributed by atoms with Crippen molar-refractivity contribution in [3.8, 4) is 0 Å². The second-order valence-electron chi connectivity index (χ2n) is 15.8. The highest BCUT2D eigenvalue weighted by Gasteiger charge is 2.17. The van der Waals surface area contributed by atoms with Crippen LogP contribution < -0.4 is 5.32 Å². The van der Waals surface area contributed by atoms with E-state index in [-0.39, 0.29) is 12.5 Å². The molecule has 0 saturated heterocycles. The smallest absolute Gasteiger partial charge is 0.220 e. The molecule has 0 aromatic heterocycles. The topological polar surface area (TPSA) is 69.6 Å². The molecule has 3 N–H and O–H groups in total. The third-order valence-electron chi connectivity index (χ3n) is 10.3. The third kappa shape index (κ3) is 42.7. The average Bonchev–Trinajstić information content (AvgIpc) is 3.20. The van der Waals surface area contributed by atoms with E-state index in [1.807, 2.05) is 6.08 Å². The van der Waals surface area contributed by atoms with Crippen LogP contribution >= 0.6 is 0 Å². The number of nitrogens with one attached hydrogen (secondary N) is 1. The van der Waals surface area contributed by atoms with Crippen molar-refractivity contribution < 1.29 is 15.0 Å². The van der Waals surface area contributed by atoms with Crippen LogP contribution in [0.25, 0.3) is 0 Å². The quantitative estimate of drug-likeness (QED) is 0.0427. The summed E-state index contributed by atoms with van der Waals surface area (Å²) in [6.07, 6.45) is 68.5. The van der Waals surface area contributed by atoms with Gasteiger partial charge in [0.1, 0.15) is 0 Å². The molecule has 4 nitrogen and oxygen atoms in total. The molecule has 4 heteroatoms. The summed E-state index contributed by atoms with van der Waals surface area (Å²) in [5.41, 5.74) is 0. The zero-order chi connectivity index (χ0) is 40.7. The monoisotopic (exact) mass is 778 g/mol. The lowest BCUT2D eigenvalue weighted by Crippen LogP contribution is -2.45. The highest BCUT2D eigenvalue weighted by atomic mass is 16.3. The van der Waals surface area contributed by atoms with Gasteiger partial charge in [-0.2, -0.15) is 0 Å². The zero-order valence-electron chi connectivity index (χ0n) is 36.9. The van der Waals surface area contributed by atoms with Crippen molar-refractivity contribution in [2.75, 3.05) is 6.61 Å². The van der Waals surface area contributed by atoms with Gasteiger partial charge in [-0.25, -0.2) is 0 Å². The Hall–Kier alpha value is -2.43. The summed E-state index contributed by atoms with van der Waals surface area (Å²) in [6, 6.07) is -0.655. The molecule has 0 aromatic rings. The van der Waals surface area contributed by atoms with Crippen molar-refractivity contribution in [2.24, 2.45) is 0 Å². The lowest BCUT2D eigenvalue weighted by atomic mass is 10.0. The number of allylic oxidation sites excluding steroid dienone is 13. The minimum atomic E-state index is -0.879. The van der Waals surface area contributed by atoms with E-state index in [1.54, 1.807) is 6.08 Å². The largest absolute Gasteiger partial charge is 0.394 e. The summed E-state index contributed by atoms with van der Waals surface area (Å²) in [4.78, 5) is 12.4. The highest BCUT2D eigenvalue weighted by molar-refractivity contribution is 5.76. The van der Waals surface area contributed by atoms with E-state index >= 15 is 0 Å². The summed E-state index contributed by atoms with van der Waals surface area (Å²) in [6.45, 7) is 4.18. The number of carbonyl (C=O) groups is 1. The molecule has 322 valence electrons. The number of hydrogen-bond donors (Lipinski definition) is 3. The second-order valence-corrected chi connectivity index (χ2v) is 15.8. The maximum absolute atomic E-state index is 12.4. The summed E-state index contributed by atoms with van der Waals surface area (Å²) in [5, 5.41) is 23.0. The van der Waals surface area contributed by atoms with Crippen LogP contribution in [0.15, 0.2) is 85.1 Å². The van der Waals surface area contributed by atoms with Crippen molar-refractivity contribution in [1.82, 2.24) is 5.32 Å². The fraction of sp³-hybridized carbons (Fsp3) is 0.712. The Labute approximate surface area is 348 Å². The molecule has 0 bridgehead atoms. The maximum atomic E-state index is 12.4. The van der Waals surface area contributed by atoms with Crippen LogP contribution in [-0.2, 0) is 4.79 Å². The number of hydrogen-bond acceptors (Lipinski definition) is 3. The summed E-state index contributed by atoms with van der Waals surface area (Å²) in [7, 11) is 0. The van der Waals surface area contributed by atoms with E-state index < -0.39 is 12.1 Å². The Balaban J connectivity index is 3.66. The molecule has 0 rings (SSSR count). The van der Waals surface area contributed by atoms with Crippen molar-refractivity contribution in [3.63, 3.8) is 0 Å². The fourth-order valence-corrected chi connectivity index (χ4v) is 6.73. The van der Waals surface area contributed by atoms with Crippen molar-refractivity contribution in [2.45, 2.75) is 231 Å². The number of aliphatic hydroxyl groups is 2. The van der Waals surface area contributed by atoms with Gasteiger partial charge in [-0.15, -0.1) is 0 Å². The molecule has 0 aliphatic rings. The Morgan fingerprint density at radius 1 is 0.446 bits per heavy atom. The van der Waals surface area contributed by atoms with Crippen molar-refractivity contribution >= 4 is 5.91 Å². The van der Waals surface area contributed by atoms with Crippen LogP contribution in [-0.4, -0.2) is 34.9 Å². The predicted molar refractivity (Wildman–Crippen MR) is 248 cm³/mol. The van der Waals surface area contributed by atoms with Gasteiger partial charge in [0.05, 0.1) is 18.8 Å². The van der Waals surface area contributed by atoms with Gasteiger partial charge in [-0.05, 0) is 83.5 Å². The van der Waals surface area contributed by atoms with Gasteiger partial charge in [0.25, 0.3) is 0 Å². The molecule has 0 aliphatic carbocycles. The van der Waals surface area contributed by atoms with E-state index in [0.29, 0.717) is 6.42 Å². The first-order valence-corrected chi connectivity index (χ1v) is 23.8. The van der Waals surface area contributed by atoms with Gasteiger partial charge in [0.15, 0.2) is 0 Å². The predicted octanol–water partition coefficient (Wildman–Crippen LogP) is 15.2. The SMILES string of the molecule is CC/C=C\C/C=C\C/C=C\C/C=C\CCCCCCCCCCC(=O)NC(CO)C(O)/C=C/CC/C=C/CC/C=C/CCCCCCCCCCCCCCC. The molecule has 0 aromatic carbocycles. The van der Waals surface area contributed by atoms with E-state index in [4.69, 9.17) is 0 Å². The Morgan fingerprint density at radius 2 is 0.804 bits per heavy atom. The van der Waals surface area contributed by atoms with Crippen LogP contribution in [0.4, 0.5) is 0 Å². The number of rotatable bonds is 42. The minimum absolute atomic E-state index is 0.0892.